The Hall–Kier alpha value is -2.03. The lowest BCUT2D eigenvalue weighted by Gasteiger charge is -2.18. The lowest BCUT2D eigenvalue weighted by molar-refractivity contribution is 0.304. The molecule has 0 amide bonds. The number of hydrogen-bond acceptors (Lipinski definition) is 2. The van der Waals surface area contributed by atoms with Gasteiger partial charge in [0.1, 0.15) is 18.2 Å². The van der Waals surface area contributed by atoms with Gasteiger partial charge >= 0.3 is 0 Å². The topological polar surface area (TPSA) is 21.3 Å². The molecular formula is C16H16FNO. The minimum atomic E-state index is -0.274. The molecule has 0 fully saturated rings. The van der Waals surface area contributed by atoms with Crippen molar-refractivity contribution in [3.8, 4) is 5.75 Å². The van der Waals surface area contributed by atoms with Gasteiger partial charge in [-0.15, -0.1) is 0 Å². The molecule has 1 aliphatic rings. The number of halogens is 1. The first-order valence-electron chi connectivity index (χ1n) is 6.55. The van der Waals surface area contributed by atoms with E-state index in [1.807, 2.05) is 0 Å². The third-order valence-electron chi connectivity index (χ3n) is 3.31. The summed E-state index contributed by atoms with van der Waals surface area (Å²) in [5.74, 6) is 0.287. The molecule has 1 N–H and O–H groups in total. The van der Waals surface area contributed by atoms with Gasteiger partial charge in [-0.05, 0) is 42.2 Å². The normalized spacial score (nSPS) is 13.5. The van der Waals surface area contributed by atoms with E-state index >= 15 is 0 Å². The lowest BCUT2D eigenvalue weighted by atomic mass is 10.0. The molecule has 0 aromatic heterocycles. The number of nitrogens with one attached hydrogen (secondary N) is 1. The van der Waals surface area contributed by atoms with Crippen LogP contribution in [-0.4, -0.2) is 6.54 Å². The number of benzene rings is 2. The van der Waals surface area contributed by atoms with E-state index in [0.29, 0.717) is 12.4 Å². The third kappa shape index (κ3) is 2.87. The highest BCUT2D eigenvalue weighted by molar-refractivity contribution is 5.54. The van der Waals surface area contributed by atoms with Crippen LogP contribution in [0.1, 0.15) is 17.5 Å². The largest absolute Gasteiger partial charge is 0.489 e. The minimum absolute atomic E-state index is 0.274. The van der Waals surface area contributed by atoms with Crippen LogP contribution in [0.25, 0.3) is 0 Å². The Balaban J connectivity index is 1.70. The Kier molecular flexibility index (Phi) is 3.36. The van der Waals surface area contributed by atoms with Gasteiger partial charge < -0.3 is 10.1 Å². The van der Waals surface area contributed by atoms with Crippen LogP contribution in [-0.2, 0) is 13.0 Å². The first kappa shape index (κ1) is 12.0. The Labute approximate surface area is 112 Å². The lowest BCUT2D eigenvalue weighted by Crippen LogP contribution is -2.12. The van der Waals surface area contributed by atoms with E-state index in [9.17, 15) is 4.39 Å². The van der Waals surface area contributed by atoms with Crippen LogP contribution in [0.15, 0.2) is 42.5 Å². The smallest absolute Gasteiger partial charge is 0.126 e. The number of fused-ring (bicyclic) bond motifs is 1. The summed E-state index contributed by atoms with van der Waals surface area (Å²) < 4.78 is 18.6. The highest BCUT2D eigenvalue weighted by atomic mass is 19.1. The van der Waals surface area contributed by atoms with Crippen molar-refractivity contribution in [2.75, 3.05) is 11.9 Å². The fraction of sp³-hybridized carbons (Fsp3) is 0.250. The van der Waals surface area contributed by atoms with Gasteiger partial charge in [0, 0.05) is 18.3 Å². The molecule has 0 unspecified atom stereocenters. The molecule has 1 heterocycles. The number of aryl methyl sites for hydroxylation is 1. The Morgan fingerprint density at radius 3 is 3.00 bits per heavy atom. The van der Waals surface area contributed by atoms with Gasteiger partial charge in [-0.2, -0.15) is 0 Å². The molecule has 3 rings (SSSR count). The quantitative estimate of drug-likeness (QED) is 0.904. The van der Waals surface area contributed by atoms with Crippen molar-refractivity contribution in [1.82, 2.24) is 0 Å². The molecule has 2 nitrogen and oxygen atoms in total. The maximum atomic E-state index is 13.0. The summed E-state index contributed by atoms with van der Waals surface area (Å²) in [6, 6.07) is 12.6. The zero-order valence-corrected chi connectivity index (χ0v) is 10.7. The van der Waals surface area contributed by atoms with Crippen molar-refractivity contribution in [2.24, 2.45) is 0 Å². The van der Waals surface area contributed by atoms with Crippen LogP contribution >= 0.6 is 0 Å². The van der Waals surface area contributed by atoms with Gasteiger partial charge in [0.2, 0.25) is 0 Å². The Morgan fingerprint density at radius 1 is 1.16 bits per heavy atom. The minimum Gasteiger partial charge on any atom is -0.489 e. The molecule has 2 aromatic rings. The maximum Gasteiger partial charge on any atom is 0.126 e. The van der Waals surface area contributed by atoms with E-state index in [0.717, 1.165) is 18.5 Å². The van der Waals surface area contributed by atoms with Crippen LogP contribution in [0.5, 0.6) is 5.75 Å². The highest BCUT2D eigenvalue weighted by Gasteiger charge is 2.08. The van der Waals surface area contributed by atoms with E-state index in [2.05, 4.69) is 23.5 Å². The molecule has 2 aromatic carbocycles. The summed E-state index contributed by atoms with van der Waals surface area (Å²) in [6.45, 7) is 1.49. The predicted molar refractivity (Wildman–Crippen MR) is 74.0 cm³/mol. The molecule has 0 spiro atoms. The van der Waals surface area contributed by atoms with E-state index in [1.165, 1.54) is 29.8 Å². The number of rotatable bonds is 3. The van der Waals surface area contributed by atoms with Gasteiger partial charge in [-0.1, -0.05) is 18.2 Å². The van der Waals surface area contributed by atoms with E-state index in [1.54, 1.807) is 12.1 Å². The number of hydrogen-bond donors (Lipinski definition) is 1. The van der Waals surface area contributed by atoms with Crippen molar-refractivity contribution in [3.05, 3.63) is 59.4 Å². The van der Waals surface area contributed by atoms with Crippen LogP contribution in [0.2, 0.25) is 0 Å². The highest BCUT2D eigenvalue weighted by Crippen LogP contribution is 2.24. The van der Waals surface area contributed by atoms with Crippen LogP contribution < -0.4 is 10.1 Å². The first-order valence-corrected chi connectivity index (χ1v) is 6.55. The SMILES string of the molecule is Fc1cccc(OCc2ccc3c(c2)NCCC3)c1. The maximum absolute atomic E-state index is 13.0. The molecule has 0 saturated carbocycles. The van der Waals surface area contributed by atoms with Crippen LogP contribution in [0, 0.1) is 5.82 Å². The molecule has 0 radical (unpaired) electrons. The van der Waals surface area contributed by atoms with Crippen molar-refractivity contribution in [3.63, 3.8) is 0 Å². The zero-order chi connectivity index (χ0) is 13.1. The van der Waals surface area contributed by atoms with E-state index in [-0.39, 0.29) is 5.82 Å². The molecule has 19 heavy (non-hydrogen) atoms. The van der Waals surface area contributed by atoms with Crippen molar-refractivity contribution in [1.29, 1.82) is 0 Å². The number of ether oxygens (including phenoxy) is 1. The summed E-state index contributed by atoms with van der Waals surface area (Å²) in [7, 11) is 0. The van der Waals surface area contributed by atoms with Crippen LogP contribution in [0.4, 0.5) is 10.1 Å². The fourth-order valence-corrected chi connectivity index (χ4v) is 2.32. The second kappa shape index (κ2) is 5.31. The Morgan fingerprint density at radius 2 is 2.11 bits per heavy atom. The third-order valence-corrected chi connectivity index (χ3v) is 3.31. The summed E-state index contributed by atoms with van der Waals surface area (Å²) in [4.78, 5) is 0. The van der Waals surface area contributed by atoms with Gasteiger partial charge in [-0.25, -0.2) is 4.39 Å². The first-order chi connectivity index (χ1) is 9.31. The van der Waals surface area contributed by atoms with Gasteiger partial charge in [0.15, 0.2) is 0 Å². The molecule has 0 bridgehead atoms. The fourth-order valence-electron chi connectivity index (χ4n) is 2.32. The average Bonchev–Trinajstić information content (AvgIpc) is 2.45. The molecule has 0 saturated heterocycles. The molecule has 0 aliphatic carbocycles. The molecular weight excluding hydrogens is 241 g/mol. The van der Waals surface area contributed by atoms with Gasteiger partial charge in [0.25, 0.3) is 0 Å². The second-order valence-electron chi connectivity index (χ2n) is 4.77. The van der Waals surface area contributed by atoms with E-state index < -0.39 is 0 Å². The summed E-state index contributed by atoms with van der Waals surface area (Å²) in [5.41, 5.74) is 3.66. The molecule has 3 heteroatoms. The Bertz CT molecular complexity index is 583. The van der Waals surface area contributed by atoms with E-state index in [4.69, 9.17) is 4.74 Å². The summed E-state index contributed by atoms with van der Waals surface area (Å²) in [5, 5.41) is 3.39. The predicted octanol–water partition coefficient (Wildman–Crippen LogP) is 3.76. The van der Waals surface area contributed by atoms with Crippen LogP contribution in [0.3, 0.4) is 0 Å². The standard InChI is InChI=1S/C16H16FNO/c17-14-4-1-5-15(10-14)19-11-12-6-7-13-3-2-8-18-16(13)9-12/h1,4-7,9-10,18H,2-3,8,11H2. The van der Waals surface area contributed by atoms with Gasteiger partial charge in [0.05, 0.1) is 0 Å². The van der Waals surface area contributed by atoms with Crippen molar-refractivity contribution < 1.29 is 9.13 Å². The second-order valence-corrected chi connectivity index (χ2v) is 4.77. The number of anilines is 1. The monoisotopic (exact) mass is 257 g/mol. The molecule has 0 atom stereocenters. The zero-order valence-electron chi connectivity index (χ0n) is 10.7. The summed E-state index contributed by atoms with van der Waals surface area (Å²) in [6.07, 6.45) is 2.32. The average molecular weight is 257 g/mol. The molecule has 1 aliphatic heterocycles. The van der Waals surface area contributed by atoms with Crippen molar-refractivity contribution in [2.45, 2.75) is 19.4 Å². The molecule has 98 valence electrons. The van der Waals surface area contributed by atoms with Gasteiger partial charge in [-0.3, -0.25) is 0 Å². The van der Waals surface area contributed by atoms with Crippen molar-refractivity contribution >= 4 is 5.69 Å². The summed E-state index contributed by atoms with van der Waals surface area (Å²) >= 11 is 0.